The number of carbonyl (C=O) groups is 2. The highest BCUT2D eigenvalue weighted by molar-refractivity contribution is 7.80. The monoisotopic (exact) mass is 1000 g/mol. The highest BCUT2D eigenvalue weighted by Crippen LogP contribution is 2.76. The van der Waals surface area contributed by atoms with Gasteiger partial charge in [0.15, 0.2) is 18.9 Å². The molecule has 0 unspecified atom stereocenters. The van der Waals surface area contributed by atoms with E-state index in [-0.39, 0.29) is 35.7 Å². The molecule has 1 spiro atoms. The van der Waals surface area contributed by atoms with Crippen molar-refractivity contribution < 1.29 is 95.3 Å². The molecule has 0 radical (unpaired) electrons. The van der Waals surface area contributed by atoms with Crippen molar-refractivity contribution in [3.05, 3.63) is 23.8 Å². The summed E-state index contributed by atoms with van der Waals surface area (Å²) in [5.41, 5.74) is -0.958. The average molecular weight is 1000 g/mol. The Hall–Kier alpha value is -2.19. The van der Waals surface area contributed by atoms with Crippen molar-refractivity contribution in [3.63, 3.8) is 0 Å². The molecule has 3 saturated carbocycles. The Morgan fingerprint density at radius 1 is 0.841 bits per heavy atom. The molecule has 8 aliphatic rings. The molecule has 0 aromatic rings. The molecule has 0 aromatic carbocycles. The van der Waals surface area contributed by atoms with Gasteiger partial charge in [0.1, 0.15) is 66.6 Å². The minimum absolute atomic E-state index is 0.0236. The molecule has 4 heterocycles. The number of allylic oxidation sites excluding steroid dienone is 3. The number of hydrogen-bond donors (Lipinski definition) is 7. The molecule has 69 heavy (non-hydrogen) atoms. The fourth-order valence-electron chi connectivity index (χ4n) is 14.6. The molecule has 4 aliphatic carbocycles. The molecule has 4 saturated heterocycles. The second-order valence-corrected chi connectivity index (χ2v) is 23.6. The van der Waals surface area contributed by atoms with E-state index >= 15 is 0 Å². The second-order valence-electron chi connectivity index (χ2n) is 22.6. The summed E-state index contributed by atoms with van der Waals surface area (Å²) in [4.78, 5) is 27.3. The number of esters is 2. The van der Waals surface area contributed by atoms with Crippen LogP contribution in [0.3, 0.4) is 0 Å². The summed E-state index contributed by atoms with van der Waals surface area (Å²) >= 11 is 0. The van der Waals surface area contributed by atoms with Crippen LogP contribution < -0.4 is 0 Å². The van der Waals surface area contributed by atoms with Crippen LogP contribution in [0.15, 0.2) is 23.8 Å². The van der Waals surface area contributed by atoms with Gasteiger partial charge in [0.25, 0.3) is 0 Å². The summed E-state index contributed by atoms with van der Waals surface area (Å²) < 4.78 is 86.6. The molecule has 8 rings (SSSR count). The molecular formula is C48H74O20S. The van der Waals surface area contributed by atoms with Crippen LogP contribution in [-0.2, 0) is 62.1 Å². The molecule has 20 nitrogen and oxygen atoms in total. The van der Waals surface area contributed by atoms with Crippen LogP contribution >= 0.6 is 0 Å². The molecule has 392 valence electrons. The molecule has 22 atom stereocenters. The van der Waals surface area contributed by atoms with Crippen LogP contribution in [0.4, 0.5) is 0 Å². The third-order valence-corrected chi connectivity index (χ3v) is 18.4. The quantitative estimate of drug-likeness (QED) is 0.0790. The van der Waals surface area contributed by atoms with Gasteiger partial charge in [-0.15, -0.1) is 6.58 Å². The molecule has 0 amide bonds. The van der Waals surface area contributed by atoms with Crippen LogP contribution in [0.25, 0.3) is 0 Å². The second kappa shape index (κ2) is 18.9. The van der Waals surface area contributed by atoms with Crippen LogP contribution in [0, 0.1) is 39.4 Å². The van der Waals surface area contributed by atoms with E-state index in [0.29, 0.717) is 38.5 Å². The maximum Gasteiger partial charge on any atom is 0.397 e. The van der Waals surface area contributed by atoms with E-state index in [2.05, 4.69) is 40.3 Å². The van der Waals surface area contributed by atoms with E-state index in [1.165, 1.54) is 19.4 Å². The van der Waals surface area contributed by atoms with Crippen molar-refractivity contribution in [2.24, 2.45) is 39.4 Å². The molecule has 0 aromatic heterocycles. The average Bonchev–Trinajstić information content (AvgIpc) is 3.65. The van der Waals surface area contributed by atoms with Crippen molar-refractivity contribution in [2.45, 2.75) is 211 Å². The fourth-order valence-corrected chi connectivity index (χ4v) is 15.1. The smallest absolute Gasteiger partial charge is 0.397 e. The zero-order valence-electron chi connectivity index (χ0n) is 40.8. The van der Waals surface area contributed by atoms with E-state index < -0.39 is 137 Å². The van der Waals surface area contributed by atoms with Gasteiger partial charge in [0, 0.05) is 12.3 Å². The van der Waals surface area contributed by atoms with Crippen molar-refractivity contribution in [1.82, 2.24) is 0 Å². The lowest BCUT2D eigenvalue weighted by Gasteiger charge is -2.64. The van der Waals surface area contributed by atoms with Gasteiger partial charge in [0.2, 0.25) is 0 Å². The van der Waals surface area contributed by atoms with Gasteiger partial charge in [-0.05, 0) is 101 Å². The summed E-state index contributed by atoms with van der Waals surface area (Å²) in [6.07, 6.45) is -13.5. The number of cyclic esters (lactones) is 1. The molecule has 7 N–H and O–H groups in total. The van der Waals surface area contributed by atoms with E-state index in [0.717, 1.165) is 24.8 Å². The Balaban J connectivity index is 1.02. The van der Waals surface area contributed by atoms with Gasteiger partial charge < -0.3 is 68.5 Å². The Bertz CT molecular complexity index is 2100. The van der Waals surface area contributed by atoms with Crippen molar-refractivity contribution in [1.29, 1.82) is 0 Å². The summed E-state index contributed by atoms with van der Waals surface area (Å²) in [7, 11) is -5.10. The van der Waals surface area contributed by atoms with Gasteiger partial charge in [-0.1, -0.05) is 44.9 Å². The van der Waals surface area contributed by atoms with E-state index in [9.17, 15) is 53.2 Å². The first-order valence-electron chi connectivity index (χ1n) is 24.4. The third-order valence-electron chi connectivity index (χ3n) is 17.9. The van der Waals surface area contributed by atoms with E-state index in [4.69, 9.17) is 42.1 Å². The summed E-state index contributed by atoms with van der Waals surface area (Å²) in [6, 6.07) is 0. The summed E-state index contributed by atoms with van der Waals surface area (Å²) in [5.74, 6) is -0.844. The third kappa shape index (κ3) is 9.08. The lowest BCUT2D eigenvalue weighted by atomic mass is 9.41. The lowest BCUT2D eigenvalue weighted by molar-refractivity contribution is -0.375. The molecule has 7 fully saturated rings. The first kappa shape index (κ1) is 53.1. The molecule has 21 heteroatoms. The Morgan fingerprint density at radius 3 is 2.17 bits per heavy atom. The predicted molar refractivity (Wildman–Crippen MR) is 238 cm³/mol. The first-order valence-corrected chi connectivity index (χ1v) is 25.8. The van der Waals surface area contributed by atoms with Gasteiger partial charge in [-0.25, -0.2) is 4.18 Å². The predicted octanol–water partition coefficient (Wildman–Crippen LogP) is 2.14. The zero-order chi connectivity index (χ0) is 50.6. The summed E-state index contributed by atoms with van der Waals surface area (Å²) in [5, 5.41) is 64.7. The Morgan fingerprint density at radius 2 is 1.51 bits per heavy atom. The minimum atomic E-state index is -5.10. The standard InChI is InChI=1S/C48H74O20S/c1-22(2)11-10-16-47(9)39-28(63-24(4)49)19-46(8)26-12-13-30-44(5,6)31(15-17-45(30,7)25(26)14-18-48(39,46)43(56)67-47)64-42-38(33(52)29(21-61-42)68-69(57,58)59)66-41-36(55)34(53)37(23(3)62-41)65-40-35(54)32(51)27(50)20-60-40/h12,23,25,27-42,50-55H,1,10-11,13-21H2,2-9H3,(H,57,58,59)/t23-,25-,27-,28+,29-,30+,31+,32+,33+,34-,35-,36-,37-,38-,39-,40+,41+,42+,45-,46+,47+,48-/m1/s1. The Labute approximate surface area is 403 Å². The maximum atomic E-state index is 14.6. The highest BCUT2D eigenvalue weighted by Gasteiger charge is 2.79. The van der Waals surface area contributed by atoms with E-state index in [1.54, 1.807) is 0 Å². The van der Waals surface area contributed by atoms with Crippen LogP contribution in [0.2, 0.25) is 0 Å². The number of fused-ring (bicyclic) bond motifs is 4. The van der Waals surface area contributed by atoms with Crippen LogP contribution in [0.1, 0.15) is 113 Å². The normalized spacial score (nSPS) is 49.4. The number of ether oxygens (including phenoxy) is 8. The number of hydrogen-bond acceptors (Lipinski definition) is 19. The minimum Gasteiger partial charge on any atom is -0.462 e. The largest absolute Gasteiger partial charge is 0.462 e. The van der Waals surface area contributed by atoms with Crippen molar-refractivity contribution >= 4 is 22.3 Å². The number of aliphatic hydroxyl groups excluding tert-OH is 6. The van der Waals surface area contributed by atoms with Gasteiger partial charge in [-0.2, -0.15) is 8.42 Å². The fraction of sp³-hybridized carbons (Fsp3) is 0.875. The van der Waals surface area contributed by atoms with Crippen molar-refractivity contribution in [2.75, 3.05) is 13.2 Å². The Kier molecular flexibility index (Phi) is 14.6. The molecule has 4 aliphatic heterocycles. The summed E-state index contributed by atoms with van der Waals surface area (Å²) in [6.45, 7) is 18.7. The topological polar surface area (TPSA) is 293 Å². The molecular weight excluding hydrogens is 929 g/mol. The van der Waals surface area contributed by atoms with Gasteiger partial charge in [0.05, 0.1) is 36.8 Å². The maximum absolute atomic E-state index is 14.6. The first-order chi connectivity index (χ1) is 32.1. The van der Waals surface area contributed by atoms with E-state index in [1.807, 2.05) is 13.8 Å². The van der Waals surface area contributed by atoms with Gasteiger partial charge >= 0.3 is 22.3 Å². The SMILES string of the molecule is C=C(C)CCC[C@]1(C)OC(=O)[C@]23CC[C@@H]4C(=CC[C@H]5C(C)(C)[C@@H](O[C@@H]6OC[C@@H](OS(=O)(=O)O)[C@H](O)[C@H]6O[C@@H]6O[C@H](C)[C@@H](O[C@@H]7OC[C@@H](O)[C@H](O)[C@H]7O)[C@H](O)[C@H]6O)CC[C@]45C)[C@]2(C)C[C@H](OC(C)=O)[C@@H]31. The van der Waals surface area contributed by atoms with Crippen molar-refractivity contribution in [3.8, 4) is 0 Å². The molecule has 0 bridgehead atoms. The number of rotatable bonds is 13. The van der Waals surface area contributed by atoms with Crippen LogP contribution in [-0.4, -0.2) is 166 Å². The lowest BCUT2D eigenvalue weighted by Crippen LogP contribution is -2.65. The zero-order valence-corrected chi connectivity index (χ0v) is 41.6. The number of carbonyl (C=O) groups excluding carboxylic acids is 2. The van der Waals surface area contributed by atoms with Gasteiger partial charge in [-0.3, -0.25) is 14.1 Å². The highest BCUT2D eigenvalue weighted by atomic mass is 32.3. The number of aliphatic hydroxyl groups is 6. The van der Waals surface area contributed by atoms with Crippen LogP contribution in [0.5, 0.6) is 0 Å².